The minimum atomic E-state index is -0.418. The molecule has 0 saturated carbocycles. The molecule has 3 atom stereocenters. The zero-order valence-electron chi connectivity index (χ0n) is 26.7. The molecule has 11 heteroatoms. The quantitative estimate of drug-likeness (QED) is 0.186. The van der Waals surface area contributed by atoms with E-state index < -0.39 is 6.04 Å². The number of nitrogens with one attached hydrogen (secondary N) is 2. The number of amides is 3. The van der Waals surface area contributed by atoms with Crippen LogP contribution < -0.4 is 21.1 Å². The van der Waals surface area contributed by atoms with E-state index in [0.717, 1.165) is 5.56 Å². The standard InChI is InChI=1S/C36H40N6O5/c1-23-19-42(24(2)22-43)36(46)28-7-6-10-31(40-35(45)27-15-17-38-18-16-27)33(28)47-32(23)21-41(3)20-25-11-13-26(14-12-25)34(44)39-30-9-5-4-8-29(30)37/h4-18,23-24,32,43H,19-22,37H2,1-3H3,(H,39,44)(H,40,45)/t23-,24+,32+/m0/s1. The fourth-order valence-corrected chi connectivity index (χ4v) is 5.51. The monoisotopic (exact) mass is 636 g/mol. The Morgan fingerprint density at radius 2 is 1.62 bits per heavy atom. The Labute approximate surface area is 274 Å². The van der Waals surface area contributed by atoms with E-state index in [1.807, 2.05) is 45.2 Å². The molecular formula is C36H40N6O5. The van der Waals surface area contributed by atoms with E-state index in [1.54, 1.807) is 59.5 Å². The SMILES string of the molecule is C[C@H](CO)N1C[C@H](C)[C@@H](CN(C)Cc2ccc(C(=O)Nc3ccccc3N)cc2)Oc2c(NC(=O)c3ccncc3)cccc2C1=O. The Kier molecular flexibility index (Phi) is 10.5. The second-order valence-corrected chi connectivity index (χ2v) is 11.9. The number of nitrogen functional groups attached to an aromatic ring is 1. The number of nitrogens with two attached hydrogens (primary N) is 1. The Morgan fingerprint density at radius 1 is 0.979 bits per heavy atom. The number of likely N-dealkylation sites (N-methyl/N-ethyl adjacent to an activating group) is 1. The summed E-state index contributed by atoms with van der Waals surface area (Å²) in [5, 5.41) is 15.7. The molecule has 11 nitrogen and oxygen atoms in total. The van der Waals surface area contributed by atoms with Gasteiger partial charge in [0.15, 0.2) is 5.75 Å². The molecular weight excluding hydrogens is 596 g/mol. The van der Waals surface area contributed by atoms with Gasteiger partial charge >= 0.3 is 0 Å². The van der Waals surface area contributed by atoms with Crippen molar-refractivity contribution in [1.29, 1.82) is 0 Å². The van der Waals surface area contributed by atoms with Crippen LogP contribution in [0.15, 0.2) is 91.3 Å². The van der Waals surface area contributed by atoms with Gasteiger partial charge in [0, 0.05) is 49.1 Å². The lowest BCUT2D eigenvalue weighted by Crippen LogP contribution is -2.49. The smallest absolute Gasteiger partial charge is 0.258 e. The van der Waals surface area contributed by atoms with Crippen LogP contribution in [-0.2, 0) is 6.54 Å². The van der Waals surface area contributed by atoms with Crippen LogP contribution in [0.3, 0.4) is 0 Å². The Hall–Kier alpha value is -5.26. The Bertz CT molecular complexity index is 1710. The number of para-hydroxylation sites is 3. The summed E-state index contributed by atoms with van der Waals surface area (Å²) < 4.78 is 6.63. The summed E-state index contributed by atoms with van der Waals surface area (Å²) in [6.07, 6.45) is 2.70. The van der Waals surface area contributed by atoms with Crippen LogP contribution in [0.4, 0.5) is 17.1 Å². The summed E-state index contributed by atoms with van der Waals surface area (Å²) in [5.41, 5.74) is 9.63. The van der Waals surface area contributed by atoms with Crippen molar-refractivity contribution in [3.8, 4) is 5.75 Å². The molecule has 3 amide bonds. The van der Waals surface area contributed by atoms with Gasteiger partial charge in [0.25, 0.3) is 17.7 Å². The normalized spacial score (nSPS) is 16.8. The van der Waals surface area contributed by atoms with Crippen LogP contribution in [0.25, 0.3) is 0 Å². The van der Waals surface area contributed by atoms with Crippen molar-refractivity contribution in [2.24, 2.45) is 5.92 Å². The van der Waals surface area contributed by atoms with Gasteiger partial charge in [-0.3, -0.25) is 24.3 Å². The van der Waals surface area contributed by atoms with Crippen molar-refractivity contribution >= 4 is 34.8 Å². The lowest BCUT2D eigenvalue weighted by atomic mass is 9.98. The highest BCUT2D eigenvalue weighted by molar-refractivity contribution is 6.07. The molecule has 47 heavy (non-hydrogen) atoms. The molecule has 244 valence electrons. The molecule has 0 radical (unpaired) electrons. The first kappa shape index (κ1) is 33.1. The summed E-state index contributed by atoms with van der Waals surface area (Å²) in [4.78, 5) is 47.4. The number of fused-ring (bicyclic) bond motifs is 1. The van der Waals surface area contributed by atoms with Crippen molar-refractivity contribution in [1.82, 2.24) is 14.8 Å². The highest BCUT2D eigenvalue weighted by Crippen LogP contribution is 2.35. The van der Waals surface area contributed by atoms with Crippen molar-refractivity contribution in [3.63, 3.8) is 0 Å². The van der Waals surface area contributed by atoms with Gasteiger partial charge in [-0.1, -0.05) is 37.3 Å². The molecule has 0 aliphatic carbocycles. The number of carbonyl (C=O) groups is 3. The summed E-state index contributed by atoms with van der Waals surface area (Å²) in [5.74, 6) is -0.718. The van der Waals surface area contributed by atoms with E-state index in [0.29, 0.717) is 53.4 Å². The summed E-state index contributed by atoms with van der Waals surface area (Å²) in [6.45, 7) is 5.08. The van der Waals surface area contributed by atoms with Crippen LogP contribution >= 0.6 is 0 Å². The average molecular weight is 637 g/mol. The van der Waals surface area contributed by atoms with Gasteiger partial charge in [-0.25, -0.2) is 0 Å². The highest BCUT2D eigenvalue weighted by Gasteiger charge is 2.34. The number of hydrogen-bond acceptors (Lipinski definition) is 8. The Morgan fingerprint density at radius 3 is 2.30 bits per heavy atom. The number of aromatic nitrogens is 1. The van der Waals surface area contributed by atoms with Crippen molar-refractivity contribution < 1.29 is 24.2 Å². The molecule has 1 aliphatic heterocycles. The van der Waals surface area contributed by atoms with Gasteiger partial charge in [-0.2, -0.15) is 0 Å². The minimum absolute atomic E-state index is 0.121. The van der Waals surface area contributed by atoms with Gasteiger partial charge in [-0.05, 0) is 68.1 Å². The van der Waals surface area contributed by atoms with Gasteiger partial charge in [0.05, 0.1) is 35.3 Å². The molecule has 0 saturated heterocycles. The first-order chi connectivity index (χ1) is 22.6. The second-order valence-electron chi connectivity index (χ2n) is 11.9. The molecule has 3 aromatic carbocycles. The molecule has 0 unspecified atom stereocenters. The van der Waals surface area contributed by atoms with Gasteiger partial charge in [0.1, 0.15) is 6.10 Å². The van der Waals surface area contributed by atoms with Crippen LogP contribution in [0.1, 0.15) is 50.5 Å². The lowest BCUT2D eigenvalue weighted by molar-refractivity contribution is 0.0343. The molecule has 1 aliphatic rings. The van der Waals surface area contributed by atoms with Gasteiger partial charge < -0.3 is 31.1 Å². The molecule has 0 spiro atoms. The van der Waals surface area contributed by atoms with Crippen LogP contribution in [0, 0.1) is 5.92 Å². The number of anilines is 3. The summed E-state index contributed by atoms with van der Waals surface area (Å²) in [7, 11) is 1.98. The predicted octanol–water partition coefficient (Wildman–Crippen LogP) is 4.52. The number of hydrogen-bond donors (Lipinski definition) is 4. The maximum absolute atomic E-state index is 13.8. The van der Waals surface area contributed by atoms with Crippen LogP contribution in [-0.4, -0.2) is 76.5 Å². The second kappa shape index (κ2) is 14.9. The fourth-order valence-electron chi connectivity index (χ4n) is 5.51. The lowest BCUT2D eigenvalue weighted by Gasteiger charge is -2.38. The number of aliphatic hydroxyl groups excluding tert-OH is 1. The third-order valence-corrected chi connectivity index (χ3v) is 8.25. The van der Waals surface area contributed by atoms with E-state index in [-0.39, 0.29) is 42.1 Å². The number of nitrogens with zero attached hydrogens (tertiary/aromatic N) is 3. The van der Waals surface area contributed by atoms with E-state index in [4.69, 9.17) is 10.5 Å². The van der Waals surface area contributed by atoms with E-state index in [2.05, 4.69) is 20.5 Å². The zero-order chi connectivity index (χ0) is 33.5. The third-order valence-electron chi connectivity index (χ3n) is 8.25. The third kappa shape index (κ3) is 7.94. The topological polar surface area (TPSA) is 150 Å². The Balaban J connectivity index is 1.34. The van der Waals surface area contributed by atoms with Crippen molar-refractivity contribution in [2.45, 2.75) is 32.5 Å². The highest BCUT2D eigenvalue weighted by atomic mass is 16.5. The minimum Gasteiger partial charge on any atom is -0.486 e. The maximum Gasteiger partial charge on any atom is 0.258 e. The number of rotatable bonds is 10. The fraction of sp³-hybridized carbons (Fsp3) is 0.278. The van der Waals surface area contributed by atoms with Gasteiger partial charge in [-0.15, -0.1) is 0 Å². The van der Waals surface area contributed by atoms with E-state index >= 15 is 0 Å². The first-order valence-corrected chi connectivity index (χ1v) is 15.5. The first-order valence-electron chi connectivity index (χ1n) is 15.5. The molecule has 1 aromatic heterocycles. The zero-order valence-corrected chi connectivity index (χ0v) is 26.7. The van der Waals surface area contributed by atoms with Crippen molar-refractivity contribution in [3.05, 3.63) is 114 Å². The number of benzene rings is 3. The number of pyridine rings is 1. The summed E-state index contributed by atoms with van der Waals surface area (Å²) in [6, 6.07) is 22.4. The van der Waals surface area contributed by atoms with Crippen LogP contribution in [0.2, 0.25) is 0 Å². The maximum atomic E-state index is 13.8. The number of carbonyl (C=O) groups excluding carboxylic acids is 3. The molecule has 2 heterocycles. The predicted molar refractivity (Wildman–Crippen MR) is 181 cm³/mol. The average Bonchev–Trinajstić information content (AvgIpc) is 3.08. The van der Waals surface area contributed by atoms with Crippen LogP contribution in [0.5, 0.6) is 5.75 Å². The molecule has 4 aromatic rings. The molecule has 0 fully saturated rings. The number of ether oxygens (including phenoxy) is 1. The molecule has 0 bridgehead atoms. The molecule has 5 rings (SSSR count). The van der Waals surface area contributed by atoms with E-state index in [9.17, 15) is 19.5 Å². The summed E-state index contributed by atoms with van der Waals surface area (Å²) >= 11 is 0. The molecule has 5 N–H and O–H groups in total. The number of aliphatic hydroxyl groups is 1. The van der Waals surface area contributed by atoms with E-state index in [1.165, 1.54) is 12.4 Å². The largest absolute Gasteiger partial charge is 0.486 e. The van der Waals surface area contributed by atoms with Gasteiger partial charge in [0.2, 0.25) is 0 Å². The van der Waals surface area contributed by atoms with Crippen molar-refractivity contribution in [2.75, 3.05) is 43.1 Å².